The monoisotopic (exact) mass is 192 g/mol. The van der Waals surface area contributed by atoms with Gasteiger partial charge in [0, 0.05) is 6.66 Å². The molecule has 1 atom stereocenters. The lowest BCUT2D eigenvalue weighted by atomic mass is 10.9. The van der Waals surface area contributed by atoms with Gasteiger partial charge in [-0.25, -0.2) is 0 Å². The van der Waals surface area contributed by atoms with Crippen LogP contribution in [0.2, 0.25) is 0 Å². The molecule has 0 aliphatic rings. The zero-order chi connectivity index (χ0) is 7.71. The fourth-order valence-electron chi connectivity index (χ4n) is 0.297. The lowest BCUT2D eigenvalue weighted by Crippen LogP contribution is -2.09. The molecule has 0 amide bonds. The van der Waals surface area contributed by atoms with Gasteiger partial charge in [-0.05, 0) is 6.92 Å². The van der Waals surface area contributed by atoms with E-state index in [9.17, 15) is 4.57 Å². The van der Waals surface area contributed by atoms with Gasteiger partial charge in [0.2, 0.25) is 4.52 Å². The molecule has 0 saturated heterocycles. The van der Waals surface area contributed by atoms with Crippen LogP contribution in [-0.4, -0.2) is 16.1 Å². The second-order valence-electron chi connectivity index (χ2n) is 1.70. The summed E-state index contributed by atoms with van der Waals surface area (Å²) in [5.41, 5.74) is 0. The average Bonchev–Trinajstić information content (AvgIpc) is 1.14. The first-order valence-corrected chi connectivity index (χ1v) is 4.88. The average molecular weight is 193 g/mol. The highest BCUT2D eigenvalue weighted by Crippen LogP contribution is 2.44. The zero-order valence-electron chi connectivity index (χ0n) is 4.97. The van der Waals surface area contributed by atoms with Gasteiger partial charge in [0.05, 0.1) is 0 Å². The fourth-order valence-corrected chi connectivity index (χ4v) is 1.66. The van der Waals surface area contributed by atoms with Gasteiger partial charge in [0.25, 0.3) is 0 Å². The highest BCUT2D eigenvalue weighted by molar-refractivity contribution is 7.52. The van der Waals surface area contributed by atoms with E-state index >= 15 is 0 Å². The van der Waals surface area contributed by atoms with Crippen molar-refractivity contribution in [2.24, 2.45) is 0 Å². The minimum atomic E-state index is -3.55. The Bertz CT molecular complexity index is 134. The third-order valence-corrected chi connectivity index (χ3v) is 1.40. The molecule has 9 heavy (non-hydrogen) atoms. The molecule has 6 heteroatoms. The van der Waals surface area contributed by atoms with Crippen molar-refractivity contribution in [3.05, 3.63) is 0 Å². The number of halogens is 2. The molecule has 0 fully saturated rings. The Hall–Kier alpha value is 0.730. The summed E-state index contributed by atoms with van der Waals surface area (Å²) in [6, 6.07) is 0. The Kier molecular flexibility index (Phi) is 2.99. The van der Waals surface area contributed by atoms with E-state index in [4.69, 9.17) is 28.1 Å². The van der Waals surface area contributed by atoms with Crippen LogP contribution in [0.4, 0.5) is 0 Å². The van der Waals surface area contributed by atoms with Crippen molar-refractivity contribution in [3.8, 4) is 0 Å². The second kappa shape index (κ2) is 2.77. The first-order valence-electron chi connectivity index (χ1n) is 2.09. The lowest BCUT2D eigenvalue weighted by molar-refractivity contribution is 0.224. The maximum absolute atomic E-state index is 10.4. The molecule has 0 spiro atoms. The molecular weight excluding hydrogens is 186 g/mol. The van der Waals surface area contributed by atoms with Crippen molar-refractivity contribution in [3.63, 3.8) is 0 Å². The van der Waals surface area contributed by atoms with Gasteiger partial charge < -0.3 is 4.89 Å². The first-order chi connectivity index (χ1) is 3.71. The van der Waals surface area contributed by atoms with E-state index in [1.165, 1.54) is 6.92 Å². The Balaban J connectivity index is 3.90. The standard InChI is InChI=1S/C3H7Cl2O3P/c1-3(4,5)8-9(2,6)7/h1-2H3,(H,6,7). The number of hydrogen-bond donors (Lipinski definition) is 1. The lowest BCUT2D eigenvalue weighted by Gasteiger charge is -2.15. The Morgan fingerprint density at radius 2 is 2.00 bits per heavy atom. The molecule has 1 unspecified atom stereocenters. The minimum absolute atomic E-state index is 1.01. The third kappa shape index (κ3) is 8.73. The van der Waals surface area contributed by atoms with Gasteiger partial charge in [-0.1, -0.05) is 23.2 Å². The summed E-state index contributed by atoms with van der Waals surface area (Å²) in [6.45, 7) is 2.28. The molecule has 0 aromatic carbocycles. The number of rotatable bonds is 2. The summed E-state index contributed by atoms with van der Waals surface area (Å²) >= 11 is 10.5. The van der Waals surface area contributed by atoms with Crippen LogP contribution in [0.5, 0.6) is 0 Å². The predicted octanol–water partition coefficient (Wildman–Crippen LogP) is 1.97. The quantitative estimate of drug-likeness (QED) is 0.538. The van der Waals surface area contributed by atoms with E-state index < -0.39 is 12.1 Å². The second-order valence-corrected chi connectivity index (χ2v) is 5.13. The molecular formula is C3H7Cl2O3P. The number of alkyl halides is 2. The zero-order valence-corrected chi connectivity index (χ0v) is 7.37. The summed E-state index contributed by atoms with van der Waals surface area (Å²) in [4.78, 5) is 8.52. The van der Waals surface area contributed by atoms with Crippen molar-refractivity contribution in [2.75, 3.05) is 6.66 Å². The van der Waals surface area contributed by atoms with Crippen molar-refractivity contribution < 1.29 is 14.0 Å². The SMILES string of the molecule is CC(Cl)(Cl)OP(C)(=O)O. The summed E-state index contributed by atoms with van der Waals surface area (Å²) in [7, 11) is -3.55. The largest absolute Gasteiger partial charge is 0.327 e. The van der Waals surface area contributed by atoms with Crippen LogP contribution in [0.3, 0.4) is 0 Å². The molecule has 0 radical (unpaired) electrons. The molecule has 0 heterocycles. The van der Waals surface area contributed by atoms with Crippen LogP contribution >= 0.6 is 30.8 Å². The summed E-state index contributed by atoms with van der Waals surface area (Å²) in [5.74, 6) is 0. The predicted molar refractivity (Wildman–Crippen MR) is 36.9 cm³/mol. The maximum atomic E-state index is 10.4. The highest BCUT2D eigenvalue weighted by atomic mass is 35.5. The fraction of sp³-hybridized carbons (Fsp3) is 1.00. The van der Waals surface area contributed by atoms with Crippen LogP contribution in [0.1, 0.15) is 6.92 Å². The van der Waals surface area contributed by atoms with E-state index in [1.54, 1.807) is 0 Å². The van der Waals surface area contributed by atoms with E-state index in [2.05, 4.69) is 4.52 Å². The van der Waals surface area contributed by atoms with Gasteiger partial charge in [0.15, 0.2) is 0 Å². The molecule has 56 valence electrons. The van der Waals surface area contributed by atoms with Gasteiger partial charge in [-0.15, -0.1) is 0 Å². The Labute approximate surface area is 63.4 Å². The van der Waals surface area contributed by atoms with Crippen LogP contribution in [0.25, 0.3) is 0 Å². The van der Waals surface area contributed by atoms with Crippen LogP contribution in [0.15, 0.2) is 0 Å². The van der Waals surface area contributed by atoms with Crippen molar-refractivity contribution >= 4 is 30.8 Å². The van der Waals surface area contributed by atoms with E-state index in [0.29, 0.717) is 0 Å². The molecule has 0 saturated carbocycles. The van der Waals surface area contributed by atoms with Crippen molar-refractivity contribution in [1.82, 2.24) is 0 Å². The minimum Gasteiger partial charge on any atom is -0.324 e. The first kappa shape index (κ1) is 9.73. The van der Waals surface area contributed by atoms with E-state index in [1.807, 2.05) is 0 Å². The third-order valence-electron chi connectivity index (χ3n) is 0.330. The highest BCUT2D eigenvalue weighted by Gasteiger charge is 2.25. The molecule has 0 aromatic rings. The molecule has 0 aromatic heterocycles. The Morgan fingerprint density at radius 3 is 2.00 bits per heavy atom. The van der Waals surface area contributed by atoms with Crippen molar-refractivity contribution in [2.45, 2.75) is 11.4 Å². The topological polar surface area (TPSA) is 46.5 Å². The van der Waals surface area contributed by atoms with Crippen LogP contribution in [-0.2, 0) is 9.09 Å². The van der Waals surface area contributed by atoms with Crippen molar-refractivity contribution in [1.29, 1.82) is 0 Å². The Morgan fingerprint density at radius 1 is 1.67 bits per heavy atom. The van der Waals surface area contributed by atoms with Crippen LogP contribution < -0.4 is 0 Å². The smallest absolute Gasteiger partial charge is 0.324 e. The molecule has 1 N–H and O–H groups in total. The number of hydrogen-bond acceptors (Lipinski definition) is 2. The van der Waals surface area contributed by atoms with Gasteiger partial charge in [-0.2, -0.15) is 0 Å². The molecule has 0 rings (SSSR count). The van der Waals surface area contributed by atoms with E-state index in [-0.39, 0.29) is 0 Å². The molecule has 0 aliphatic carbocycles. The molecule has 0 aliphatic heterocycles. The van der Waals surface area contributed by atoms with Crippen LogP contribution in [0, 0.1) is 0 Å². The normalized spacial score (nSPS) is 19.2. The summed E-state index contributed by atoms with van der Waals surface area (Å²) < 4.78 is 13.1. The molecule has 0 bridgehead atoms. The summed E-state index contributed by atoms with van der Waals surface area (Å²) in [6.07, 6.45) is 0. The maximum Gasteiger partial charge on any atom is 0.327 e. The van der Waals surface area contributed by atoms with E-state index in [0.717, 1.165) is 6.66 Å². The van der Waals surface area contributed by atoms with Gasteiger partial charge in [0.1, 0.15) is 0 Å². The molecule has 3 nitrogen and oxygen atoms in total. The van der Waals surface area contributed by atoms with Gasteiger partial charge in [-0.3, -0.25) is 9.09 Å². The van der Waals surface area contributed by atoms with Gasteiger partial charge >= 0.3 is 7.60 Å². The summed E-state index contributed by atoms with van der Waals surface area (Å²) in [5, 5.41) is 0.